The Kier molecular flexibility index (Phi) is 2.21. The number of rotatable bonds is 2. The molecule has 0 fully saturated rings. The summed E-state index contributed by atoms with van der Waals surface area (Å²) in [5, 5.41) is 7.92. The minimum atomic E-state index is -0.457. The van der Waals surface area contributed by atoms with Crippen LogP contribution in [-0.2, 0) is 6.54 Å². The second kappa shape index (κ2) is 3.85. The van der Waals surface area contributed by atoms with Gasteiger partial charge in [-0.3, -0.25) is 4.98 Å². The smallest absolute Gasteiger partial charge is 0.159 e. The van der Waals surface area contributed by atoms with Crippen molar-refractivity contribution in [1.29, 1.82) is 0 Å². The molecule has 0 spiro atoms. The summed E-state index contributed by atoms with van der Waals surface area (Å²) >= 11 is 0. The molecular weight excluding hydrogens is 223 g/mol. The number of pyridine rings is 1. The van der Waals surface area contributed by atoms with Gasteiger partial charge in [-0.15, -0.1) is 5.10 Å². The second-order valence-electron chi connectivity index (χ2n) is 3.43. The third-order valence-electron chi connectivity index (χ3n) is 2.28. The zero-order valence-electron chi connectivity index (χ0n) is 8.66. The molecule has 3 heterocycles. The second-order valence-corrected chi connectivity index (χ2v) is 3.43. The molecule has 0 bridgehead atoms. The van der Waals surface area contributed by atoms with Gasteiger partial charge in [0.15, 0.2) is 5.82 Å². The van der Waals surface area contributed by atoms with E-state index in [2.05, 4.69) is 25.3 Å². The highest BCUT2D eigenvalue weighted by Gasteiger charge is 2.06. The Morgan fingerprint density at radius 2 is 2.00 bits per heavy atom. The number of hydrogen-bond donors (Lipinski definition) is 0. The Balaban J connectivity index is 1.97. The molecule has 0 unspecified atom stereocenters. The van der Waals surface area contributed by atoms with Crippen LogP contribution in [0.1, 0.15) is 5.82 Å². The molecule has 6 nitrogen and oxygen atoms in total. The van der Waals surface area contributed by atoms with Crippen molar-refractivity contribution in [3.8, 4) is 0 Å². The minimum Gasteiger partial charge on any atom is -0.262 e. The van der Waals surface area contributed by atoms with Crippen molar-refractivity contribution >= 4 is 11.0 Å². The molecule has 17 heavy (non-hydrogen) atoms. The Labute approximate surface area is 95.2 Å². The van der Waals surface area contributed by atoms with Crippen LogP contribution in [0.3, 0.4) is 0 Å². The summed E-state index contributed by atoms with van der Waals surface area (Å²) in [6.45, 7) is 0.348. The lowest BCUT2D eigenvalue weighted by Gasteiger charge is -2.00. The lowest BCUT2D eigenvalue weighted by Crippen LogP contribution is -2.06. The molecule has 3 aromatic rings. The predicted molar refractivity (Wildman–Crippen MR) is 56.4 cm³/mol. The van der Waals surface area contributed by atoms with E-state index in [4.69, 9.17) is 0 Å². The fourth-order valence-corrected chi connectivity index (χ4v) is 1.50. The van der Waals surface area contributed by atoms with Crippen molar-refractivity contribution in [2.24, 2.45) is 0 Å². The van der Waals surface area contributed by atoms with Gasteiger partial charge >= 0.3 is 0 Å². The van der Waals surface area contributed by atoms with Crippen LogP contribution < -0.4 is 0 Å². The molecule has 0 saturated heterocycles. The highest BCUT2D eigenvalue weighted by molar-refractivity contribution is 5.72. The number of aromatic nitrogens is 6. The number of nitrogens with zero attached hydrogens (tertiary/aromatic N) is 6. The molecule has 0 amide bonds. The molecule has 0 aromatic carbocycles. The molecule has 7 heteroatoms. The van der Waals surface area contributed by atoms with Crippen molar-refractivity contribution in [3.63, 3.8) is 0 Å². The molecule has 0 aliphatic rings. The van der Waals surface area contributed by atoms with E-state index < -0.39 is 5.82 Å². The molecular formula is C10H7FN6. The first-order valence-corrected chi connectivity index (χ1v) is 4.92. The van der Waals surface area contributed by atoms with E-state index >= 15 is 0 Å². The maximum atomic E-state index is 12.7. The summed E-state index contributed by atoms with van der Waals surface area (Å²) in [4.78, 5) is 11.7. The lowest BCUT2D eigenvalue weighted by atomic mass is 10.4. The van der Waals surface area contributed by atoms with E-state index in [0.717, 1.165) is 17.9 Å². The average Bonchev–Trinajstić information content (AvgIpc) is 2.76. The van der Waals surface area contributed by atoms with Gasteiger partial charge in [0.2, 0.25) is 0 Å². The zero-order chi connectivity index (χ0) is 11.7. The van der Waals surface area contributed by atoms with Gasteiger partial charge in [0.1, 0.15) is 17.9 Å². The van der Waals surface area contributed by atoms with Crippen molar-refractivity contribution in [3.05, 3.63) is 42.5 Å². The van der Waals surface area contributed by atoms with Gasteiger partial charge in [-0.1, -0.05) is 5.21 Å². The maximum Gasteiger partial charge on any atom is 0.159 e. The third-order valence-corrected chi connectivity index (χ3v) is 2.28. The van der Waals surface area contributed by atoms with E-state index in [1.807, 2.05) is 0 Å². The first kappa shape index (κ1) is 9.76. The Hall–Kier alpha value is -2.44. The average molecular weight is 230 g/mol. The lowest BCUT2D eigenvalue weighted by molar-refractivity contribution is 0.594. The molecule has 0 aliphatic carbocycles. The van der Waals surface area contributed by atoms with Gasteiger partial charge in [0.05, 0.1) is 24.1 Å². The maximum absolute atomic E-state index is 12.7. The fourth-order valence-electron chi connectivity index (χ4n) is 1.50. The van der Waals surface area contributed by atoms with Crippen LogP contribution in [0, 0.1) is 5.82 Å². The van der Waals surface area contributed by atoms with Crippen LogP contribution in [0.15, 0.2) is 30.9 Å². The summed E-state index contributed by atoms with van der Waals surface area (Å²) in [6.07, 6.45) is 5.55. The third kappa shape index (κ3) is 1.82. The molecule has 0 N–H and O–H groups in total. The molecule has 84 valence electrons. The van der Waals surface area contributed by atoms with E-state index in [-0.39, 0.29) is 0 Å². The van der Waals surface area contributed by atoms with Crippen LogP contribution in [0.4, 0.5) is 4.39 Å². The van der Waals surface area contributed by atoms with Crippen LogP contribution in [0.25, 0.3) is 11.0 Å². The Bertz CT molecular complexity index is 647. The van der Waals surface area contributed by atoms with E-state index in [0.29, 0.717) is 17.9 Å². The summed E-state index contributed by atoms with van der Waals surface area (Å²) in [7, 11) is 0. The fraction of sp³-hybridized carbons (Fsp3) is 0.100. The van der Waals surface area contributed by atoms with Gasteiger partial charge in [0, 0.05) is 6.20 Å². The zero-order valence-corrected chi connectivity index (χ0v) is 8.66. The van der Waals surface area contributed by atoms with E-state index in [1.165, 1.54) is 0 Å². The molecule has 0 aliphatic heterocycles. The van der Waals surface area contributed by atoms with Crippen molar-refractivity contribution < 1.29 is 4.39 Å². The number of halogens is 1. The van der Waals surface area contributed by atoms with E-state index in [1.54, 1.807) is 23.1 Å². The molecule has 0 saturated carbocycles. The van der Waals surface area contributed by atoms with Gasteiger partial charge in [-0.05, 0) is 6.07 Å². The van der Waals surface area contributed by atoms with Gasteiger partial charge < -0.3 is 0 Å². The topological polar surface area (TPSA) is 69.4 Å². The van der Waals surface area contributed by atoms with Gasteiger partial charge in [0.25, 0.3) is 0 Å². The van der Waals surface area contributed by atoms with Crippen LogP contribution >= 0.6 is 0 Å². The molecule has 0 radical (unpaired) electrons. The monoisotopic (exact) mass is 230 g/mol. The van der Waals surface area contributed by atoms with Gasteiger partial charge in [-0.25, -0.2) is 19.0 Å². The SMILES string of the molecule is Fc1cnc(Cn2nnc3cnccc32)nc1. The Morgan fingerprint density at radius 1 is 1.18 bits per heavy atom. The normalized spacial score (nSPS) is 10.9. The van der Waals surface area contributed by atoms with Crippen LogP contribution in [0.2, 0.25) is 0 Å². The van der Waals surface area contributed by atoms with Crippen LogP contribution in [0.5, 0.6) is 0 Å². The summed E-state index contributed by atoms with van der Waals surface area (Å²) in [5.74, 6) is 0.0245. The van der Waals surface area contributed by atoms with Crippen molar-refractivity contribution in [2.45, 2.75) is 6.54 Å². The summed E-state index contributed by atoms with van der Waals surface area (Å²) in [5.41, 5.74) is 1.54. The highest BCUT2D eigenvalue weighted by atomic mass is 19.1. The summed E-state index contributed by atoms with van der Waals surface area (Å²) in [6, 6.07) is 1.80. The molecule has 3 aromatic heterocycles. The predicted octanol–water partition coefficient (Wildman–Crippen LogP) is 0.804. The van der Waals surface area contributed by atoms with Crippen LogP contribution in [-0.4, -0.2) is 29.9 Å². The van der Waals surface area contributed by atoms with Crippen molar-refractivity contribution in [2.75, 3.05) is 0 Å². The first-order valence-electron chi connectivity index (χ1n) is 4.92. The van der Waals surface area contributed by atoms with Gasteiger partial charge in [-0.2, -0.15) is 0 Å². The Morgan fingerprint density at radius 3 is 2.82 bits per heavy atom. The first-order chi connectivity index (χ1) is 8.33. The minimum absolute atomic E-state index is 0.348. The van der Waals surface area contributed by atoms with Crippen molar-refractivity contribution in [1.82, 2.24) is 29.9 Å². The molecule has 0 atom stereocenters. The van der Waals surface area contributed by atoms with E-state index in [9.17, 15) is 4.39 Å². The quantitative estimate of drug-likeness (QED) is 0.651. The standard InChI is InChI=1S/C10H7FN6/c11-7-3-13-10(14-4-7)6-17-9-1-2-12-5-8(9)15-16-17/h1-5H,6H2. The number of hydrogen-bond acceptors (Lipinski definition) is 5. The largest absolute Gasteiger partial charge is 0.262 e. The molecule has 3 rings (SSSR count). The summed E-state index contributed by atoms with van der Waals surface area (Å²) < 4.78 is 14.3. The highest BCUT2D eigenvalue weighted by Crippen LogP contribution is 2.08. The number of fused-ring (bicyclic) bond motifs is 1.